The largest absolute Gasteiger partial charge is 1.00 e. The molecule has 0 saturated heterocycles. The Labute approximate surface area is 128 Å². The van der Waals surface area contributed by atoms with E-state index in [4.69, 9.17) is 5.11 Å². The first-order valence-electron chi connectivity index (χ1n) is 5.01. The fourth-order valence-corrected chi connectivity index (χ4v) is 3.38. The summed E-state index contributed by atoms with van der Waals surface area (Å²) < 4.78 is 23.0. The average molecular weight is 290 g/mol. The average Bonchev–Trinajstić information content (AvgIpc) is 2.78. The van der Waals surface area contributed by atoms with Gasteiger partial charge in [0.15, 0.2) is 9.84 Å². The van der Waals surface area contributed by atoms with Crippen LogP contribution in [-0.4, -0.2) is 25.7 Å². The van der Waals surface area contributed by atoms with Crippen LogP contribution in [-0.2, 0) is 9.84 Å². The van der Waals surface area contributed by atoms with Crippen LogP contribution in [0.3, 0.4) is 0 Å². The predicted octanol–water partition coefficient (Wildman–Crippen LogP) is -0.367. The second-order valence-electron chi connectivity index (χ2n) is 3.77. The number of benzene rings is 1. The molecule has 1 heterocycles. The van der Waals surface area contributed by atoms with Crippen LogP contribution < -0.4 is 18.9 Å². The molecule has 0 aliphatic rings. The van der Waals surface area contributed by atoms with Crippen LogP contribution >= 0.6 is 11.3 Å². The third kappa shape index (κ3) is 3.71. The van der Waals surface area contributed by atoms with Crippen LogP contribution in [0, 0.1) is 0 Å². The van der Waals surface area contributed by atoms with Crippen molar-refractivity contribution < 1.29 is 38.6 Å². The normalized spacial score (nSPS) is 10.8. The molecule has 0 aliphatic heterocycles. The molecule has 0 unspecified atom stereocenters. The Bertz CT molecular complexity index is 693. The topological polar surface area (TPSA) is 71.4 Å². The summed E-state index contributed by atoms with van der Waals surface area (Å²) in [6.07, 6.45) is 1.16. The molecule has 1 N–H and O–H groups in total. The van der Waals surface area contributed by atoms with Crippen molar-refractivity contribution in [3.05, 3.63) is 42.0 Å². The summed E-state index contributed by atoms with van der Waals surface area (Å²) in [5.74, 6) is -0.982. The molecule has 7 heteroatoms. The predicted molar refractivity (Wildman–Crippen MR) is 70.9 cm³/mol. The van der Waals surface area contributed by atoms with E-state index in [0.29, 0.717) is 4.21 Å². The molecule has 1 aromatic heterocycles. The zero-order chi connectivity index (χ0) is 13.3. The molecule has 0 spiro atoms. The maximum absolute atomic E-state index is 11.4. The molecule has 0 bridgehead atoms. The Morgan fingerprint density at radius 1 is 1.16 bits per heavy atom. The summed E-state index contributed by atoms with van der Waals surface area (Å²) in [6, 6.07) is 9.61. The van der Waals surface area contributed by atoms with Gasteiger partial charge in [0.2, 0.25) is 0 Å². The summed E-state index contributed by atoms with van der Waals surface area (Å²) in [5, 5.41) is 8.78. The van der Waals surface area contributed by atoms with Crippen LogP contribution in [0.5, 0.6) is 0 Å². The molecule has 0 fully saturated rings. The number of hydrogen-bond donors (Lipinski definition) is 1. The third-order valence-electron chi connectivity index (χ3n) is 2.36. The minimum absolute atomic E-state index is 0. The number of hydrogen-bond acceptors (Lipinski definition) is 4. The van der Waals surface area contributed by atoms with Gasteiger partial charge in [0, 0.05) is 11.1 Å². The molecule has 2 rings (SSSR count). The number of aromatic carboxylic acids is 1. The van der Waals surface area contributed by atoms with E-state index >= 15 is 0 Å². The van der Waals surface area contributed by atoms with Crippen LogP contribution in [0.4, 0.5) is 0 Å². The Morgan fingerprint density at radius 3 is 2.16 bits per heavy atom. The molecule has 1 aromatic carbocycles. The van der Waals surface area contributed by atoms with Gasteiger partial charge in [-0.15, -0.1) is 11.3 Å². The van der Waals surface area contributed by atoms with Gasteiger partial charge < -0.3 is 6.53 Å². The summed E-state index contributed by atoms with van der Waals surface area (Å²) >= 11 is 1.17. The van der Waals surface area contributed by atoms with Crippen molar-refractivity contribution in [1.82, 2.24) is 0 Å². The summed E-state index contributed by atoms with van der Waals surface area (Å²) in [7, 11) is -3.19. The zero-order valence-corrected chi connectivity index (χ0v) is 12.1. The van der Waals surface area contributed by atoms with E-state index in [1.54, 1.807) is 24.3 Å². The summed E-state index contributed by atoms with van der Waals surface area (Å²) in [5.41, 5.74) is 1.01. The van der Waals surface area contributed by atoms with Crippen molar-refractivity contribution in [2.24, 2.45) is 0 Å². The van der Waals surface area contributed by atoms with E-state index in [2.05, 4.69) is 0 Å². The van der Waals surface area contributed by atoms with Crippen molar-refractivity contribution in [3.8, 4) is 10.4 Å². The second-order valence-corrected chi connectivity index (χ2v) is 7.10. The van der Waals surface area contributed by atoms with Gasteiger partial charge in [-0.25, -0.2) is 13.2 Å². The van der Waals surface area contributed by atoms with Crippen molar-refractivity contribution in [2.45, 2.75) is 4.21 Å². The monoisotopic (exact) mass is 290 g/mol. The molecule has 0 atom stereocenters. The minimum atomic E-state index is -3.19. The number of carbonyl (C=O) groups is 1. The maximum atomic E-state index is 11.4. The standard InChI is InChI=1S/C12H10O4S2.Li.H/c1-18(15,16)11-7-6-10(17-11)8-2-4-9(5-3-8)12(13)14;;/h2-7H,1H3,(H,13,14);;/q;+1;-1. The van der Waals surface area contributed by atoms with Gasteiger partial charge in [-0.2, -0.15) is 0 Å². The molecular formula is C12H11LiO4S2. The number of sulfone groups is 1. The van der Waals surface area contributed by atoms with Crippen molar-refractivity contribution >= 4 is 27.1 Å². The first-order chi connectivity index (χ1) is 8.38. The Morgan fingerprint density at radius 2 is 1.74 bits per heavy atom. The molecule has 0 saturated carbocycles. The number of rotatable bonds is 3. The fourth-order valence-electron chi connectivity index (χ4n) is 1.45. The van der Waals surface area contributed by atoms with E-state index in [0.717, 1.165) is 16.7 Å². The first-order valence-corrected chi connectivity index (χ1v) is 7.72. The van der Waals surface area contributed by atoms with Gasteiger partial charge in [0.25, 0.3) is 0 Å². The van der Waals surface area contributed by atoms with Crippen LogP contribution in [0.25, 0.3) is 10.4 Å². The molecule has 0 amide bonds. The molecule has 19 heavy (non-hydrogen) atoms. The molecule has 0 radical (unpaired) electrons. The van der Waals surface area contributed by atoms with Gasteiger partial charge in [0.1, 0.15) is 4.21 Å². The Hall–Kier alpha value is -1.06. The van der Waals surface area contributed by atoms with Crippen molar-refractivity contribution in [3.63, 3.8) is 0 Å². The van der Waals surface area contributed by atoms with Crippen molar-refractivity contribution in [1.29, 1.82) is 0 Å². The Kier molecular flexibility index (Phi) is 4.99. The van der Waals surface area contributed by atoms with Gasteiger partial charge in [-0.05, 0) is 29.8 Å². The van der Waals surface area contributed by atoms with E-state index in [1.807, 2.05) is 0 Å². The summed E-state index contributed by atoms with van der Waals surface area (Å²) in [4.78, 5) is 11.5. The van der Waals surface area contributed by atoms with E-state index in [1.165, 1.54) is 23.5 Å². The minimum Gasteiger partial charge on any atom is -1.00 e. The van der Waals surface area contributed by atoms with Gasteiger partial charge in [-0.3, -0.25) is 0 Å². The molecule has 96 valence electrons. The first kappa shape index (κ1) is 16.0. The van der Waals surface area contributed by atoms with E-state index in [9.17, 15) is 13.2 Å². The van der Waals surface area contributed by atoms with E-state index < -0.39 is 15.8 Å². The molecular weight excluding hydrogens is 279 g/mol. The SMILES string of the molecule is CS(=O)(=O)c1ccc(-c2ccc(C(=O)O)cc2)s1.[H-].[Li+]. The maximum Gasteiger partial charge on any atom is 1.00 e. The molecule has 4 nitrogen and oxygen atoms in total. The van der Waals surface area contributed by atoms with Gasteiger partial charge in [0.05, 0.1) is 5.56 Å². The van der Waals surface area contributed by atoms with Gasteiger partial charge >= 0.3 is 24.8 Å². The number of carboxylic acids is 1. The second kappa shape index (κ2) is 5.93. The third-order valence-corrected chi connectivity index (χ3v) is 5.32. The number of thiophene rings is 1. The smallest absolute Gasteiger partial charge is 1.00 e. The van der Waals surface area contributed by atoms with Gasteiger partial charge in [-0.1, -0.05) is 12.1 Å². The van der Waals surface area contributed by atoms with E-state index in [-0.39, 0.29) is 25.9 Å². The molecule has 2 aromatic rings. The van der Waals surface area contributed by atoms with Crippen molar-refractivity contribution in [2.75, 3.05) is 6.26 Å². The van der Waals surface area contributed by atoms with Crippen LogP contribution in [0.15, 0.2) is 40.6 Å². The number of carboxylic acid groups (broad SMARTS) is 1. The molecule has 0 aliphatic carbocycles. The van der Waals surface area contributed by atoms with Crippen LogP contribution in [0.1, 0.15) is 11.8 Å². The Balaban J connectivity index is 0.00000180. The van der Waals surface area contributed by atoms with Crippen LogP contribution in [0.2, 0.25) is 0 Å². The quantitative estimate of drug-likeness (QED) is 0.783. The fraction of sp³-hybridized carbons (Fsp3) is 0.0833. The zero-order valence-electron chi connectivity index (χ0n) is 11.5. The summed E-state index contributed by atoms with van der Waals surface area (Å²) in [6.45, 7) is 0.